The number of aryl methyl sites for hydroxylation is 1. The number of nitrogens with zero attached hydrogens (tertiary/aromatic N) is 4. The number of rotatable bonds is 5. The van der Waals surface area contributed by atoms with Crippen molar-refractivity contribution in [3.63, 3.8) is 0 Å². The smallest absolute Gasteiger partial charge is 0.227 e. The minimum atomic E-state index is 0.204. The van der Waals surface area contributed by atoms with Crippen molar-refractivity contribution in [1.82, 2.24) is 30.2 Å². The third-order valence-electron chi connectivity index (χ3n) is 5.46. The van der Waals surface area contributed by atoms with Crippen LogP contribution in [0.15, 0.2) is 30.5 Å². The first-order chi connectivity index (χ1) is 13.2. The van der Waals surface area contributed by atoms with E-state index in [1.54, 1.807) is 0 Å². The summed E-state index contributed by atoms with van der Waals surface area (Å²) >= 11 is 0. The number of carbonyl (C=O) groups excluding carboxylic acids is 1. The number of nitrogens with one attached hydrogen (secondary N) is 2. The minimum Gasteiger partial charge on any atom is -0.358 e. The molecular weight excluding hydrogens is 340 g/mol. The first-order valence-corrected chi connectivity index (χ1v) is 9.55. The molecule has 0 aliphatic carbocycles. The highest BCUT2D eigenvalue weighted by molar-refractivity contribution is 5.90. The summed E-state index contributed by atoms with van der Waals surface area (Å²) in [4.78, 5) is 18.2. The molecule has 2 N–H and O–H groups in total. The summed E-state index contributed by atoms with van der Waals surface area (Å²) in [5.74, 6) is 0.204. The Balaban J connectivity index is 1.39. The minimum absolute atomic E-state index is 0.204. The fourth-order valence-electron chi connectivity index (χ4n) is 3.96. The Hall–Kier alpha value is -2.67. The third-order valence-corrected chi connectivity index (χ3v) is 5.46. The van der Waals surface area contributed by atoms with Gasteiger partial charge in [0.2, 0.25) is 5.91 Å². The van der Waals surface area contributed by atoms with Crippen LogP contribution in [0.25, 0.3) is 10.9 Å². The number of fused-ring (bicyclic) bond motifs is 1. The fraction of sp³-hybridized carbons (Fsp3) is 0.450. The van der Waals surface area contributed by atoms with Gasteiger partial charge < -0.3 is 15.2 Å². The van der Waals surface area contributed by atoms with E-state index in [9.17, 15) is 4.79 Å². The summed E-state index contributed by atoms with van der Waals surface area (Å²) in [5.41, 5.74) is 4.25. The van der Waals surface area contributed by atoms with Crippen molar-refractivity contribution in [3.05, 3.63) is 47.4 Å². The number of para-hydroxylation sites is 1. The van der Waals surface area contributed by atoms with Crippen LogP contribution in [0.5, 0.6) is 0 Å². The number of carbonyl (C=O) groups is 1. The Kier molecular flexibility index (Phi) is 4.94. The van der Waals surface area contributed by atoms with Crippen molar-refractivity contribution in [2.45, 2.75) is 38.8 Å². The third kappa shape index (κ3) is 3.60. The van der Waals surface area contributed by atoms with Gasteiger partial charge in [-0.25, -0.2) is 4.68 Å². The van der Waals surface area contributed by atoms with Crippen LogP contribution in [-0.4, -0.2) is 50.9 Å². The first-order valence-electron chi connectivity index (χ1n) is 9.55. The lowest BCUT2D eigenvalue weighted by atomic mass is 10.0. The van der Waals surface area contributed by atoms with Crippen LogP contribution in [0.4, 0.5) is 0 Å². The molecule has 0 saturated carbocycles. The van der Waals surface area contributed by atoms with Gasteiger partial charge >= 0.3 is 0 Å². The van der Waals surface area contributed by atoms with Crippen LogP contribution in [0.1, 0.15) is 35.8 Å². The molecule has 142 valence electrons. The second-order valence-electron chi connectivity index (χ2n) is 7.28. The van der Waals surface area contributed by atoms with E-state index in [0.717, 1.165) is 60.3 Å². The first kappa shape index (κ1) is 17.7. The van der Waals surface area contributed by atoms with E-state index < -0.39 is 0 Å². The zero-order valence-electron chi connectivity index (χ0n) is 15.9. The number of H-pyrrole nitrogens is 1. The van der Waals surface area contributed by atoms with E-state index in [1.165, 1.54) is 0 Å². The molecule has 0 radical (unpaired) electrons. The van der Waals surface area contributed by atoms with Crippen molar-refractivity contribution >= 4 is 16.8 Å². The lowest BCUT2D eigenvalue weighted by Gasteiger charge is -2.32. The zero-order chi connectivity index (χ0) is 18.8. The van der Waals surface area contributed by atoms with Gasteiger partial charge in [-0.1, -0.05) is 23.4 Å². The normalized spacial score (nSPS) is 15.6. The summed E-state index contributed by atoms with van der Waals surface area (Å²) in [6.45, 7) is 4.31. The molecule has 7 heteroatoms. The Morgan fingerprint density at radius 1 is 1.30 bits per heavy atom. The van der Waals surface area contributed by atoms with Gasteiger partial charge in [0.05, 0.1) is 24.4 Å². The molecule has 1 aliphatic rings. The SMILES string of the molecule is CNCc1cn(C2CCN(C(=O)Cc3c(C)[nH]c4ccccc34)CC2)nn1. The number of benzene rings is 1. The number of aromatic nitrogens is 4. The lowest BCUT2D eigenvalue weighted by molar-refractivity contribution is -0.131. The highest BCUT2D eigenvalue weighted by atomic mass is 16.2. The largest absolute Gasteiger partial charge is 0.358 e. The molecule has 0 atom stereocenters. The van der Waals surface area contributed by atoms with Gasteiger partial charge in [0.15, 0.2) is 0 Å². The molecule has 3 aromatic rings. The summed E-state index contributed by atoms with van der Waals surface area (Å²) in [6, 6.07) is 8.50. The Labute approximate surface area is 158 Å². The van der Waals surface area contributed by atoms with Gasteiger partial charge in [-0.2, -0.15) is 0 Å². The number of aromatic amines is 1. The number of piperidine rings is 1. The molecule has 0 bridgehead atoms. The standard InChI is InChI=1S/C20H26N6O/c1-14-18(17-5-3-4-6-19(17)22-14)11-20(27)25-9-7-16(8-10-25)26-13-15(12-21-2)23-24-26/h3-6,13,16,21-22H,7-12H2,1-2H3. The Morgan fingerprint density at radius 2 is 2.07 bits per heavy atom. The van der Waals surface area contributed by atoms with Gasteiger partial charge in [0.1, 0.15) is 0 Å². The van der Waals surface area contributed by atoms with Crippen molar-refractivity contribution in [1.29, 1.82) is 0 Å². The molecule has 1 aliphatic heterocycles. The summed E-state index contributed by atoms with van der Waals surface area (Å²) in [5, 5.41) is 12.7. The van der Waals surface area contributed by atoms with Crippen LogP contribution in [0.2, 0.25) is 0 Å². The summed E-state index contributed by atoms with van der Waals surface area (Å²) in [7, 11) is 1.90. The van der Waals surface area contributed by atoms with Crippen molar-refractivity contribution < 1.29 is 4.79 Å². The molecular formula is C20H26N6O. The molecule has 3 heterocycles. The number of hydrogen-bond acceptors (Lipinski definition) is 4. The highest BCUT2D eigenvalue weighted by Gasteiger charge is 2.25. The molecule has 2 aromatic heterocycles. The summed E-state index contributed by atoms with van der Waals surface area (Å²) < 4.78 is 1.96. The molecule has 1 fully saturated rings. The van der Waals surface area contributed by atoms with Crippen molar-refractivity contribution in [3.8, 4) is 0 Å². The van der Waals surface area contributed by atoms with Gasteiger partial charge in [-0.3, -0.25) is 4.79 Å². The number of likely N-dealkylation sites (tertiary alicyclic amines) is 1. The highest BCUT2D eigenvalue weighted by Crippen LogP contribution is 2.25. The van der Waals surface area contributed by atoms with Crippen LogP contribution in [0.3, 0.4) is 0 Å². The molecule has 27 heavy (non-hydrogen) atoms. The molecule has 7 nitrogen and oxygen atoms in total. The Bertz CT molecular complexity index is 935. The average Bonchev–Trinajstić information content (AvgIpc) is 3.27. The maximum absolute atomic E-state index is 12.9. The van der Waals surface area contributed by atoms with Crippen LogP contribution in [-0.2, 0) is 17.8 Å². The quantitative estimate of drug-likeness (QED) is 0.726. The molecule has 1 aromatic carbocycles. The van der Waals surface area contributed by atoms with Crippen LogP contribution in [0, 0.1) is 6.92 Å². The van der Waals surface area contributed by atoms with E-state index in [4.69, 9.17) is 0 Å². The van der Waals surface area contributed by atoms with Crippen molar-refractivity contribution in [2.75, 3.05) is 20.1 Å². The monoisotopic (exact) mass is 366 g/mol. The van der Waals surface area contributed by atoms with Gasteiger partial charge in [-0.05, 0) is 38.4 Å². The van der Waals surface area contributed by atoms with Gasteiger partial charge in [-0.15, -0.1) is 5.10 Å². The Morgan fingerprint density at radius 3 is 2.85 bits per heavy atom. The van der Waals surface area contributed by atoms with E-state index in [0.29, 0.717) is 12.5 Å². The molecule has 4 rings (SSSR count). The summed E-state index contributed by atoms with van der Waals surface area (Å²) in [6.07, 6.45) is 4.30. The van der Waals surface area contributed by atoms with Crippen LogP contribution >= 0.6 is 0 Å². The van der Waals surface area contributed by atoms with Crippen molar-refractivity contribution in [2.24, 2.45) is 0 Å². The molecule has 1 saturated heterocycles. The van der Waals surface area contributed by atoms with E-state index in [1.807, 2.05) is 41.9 Å². The second-order valence-corrected chi connectivity index (χ2v) is 7.28. The maximum atomic E-state index is 12.9. The molecule has 0 unspecified atom stereocenters. The van der Waals surface area contributed by atoms with Gasteiger partial charge in [0, 0.05) is 36.2 Å². The molecule has 0 spiro atoms. The van der Waals surface area contributed by atoms with Gasteiger partial charge in [0.25, 0.3) is 0 Å². The topological polar surface area (TPSA) is 78.8 Å². The maximum Gasteiger partial charge on any atom is 0.227 e. The number of amides is 1. The fourth-order valence-corrected chi connectivity index (χ4v) is 3.96. The lowest BCUT2D eigenvalue weighted by Crippen LogP contribution is -2.40. The zero-order valence-corrected chi connectivity index (χ0v) is 15.9. The van der Waals surface area contributed by atoms with Crippen LogP contribution < -0.4 is 5.32 Å². The van der Waals surface area contributed by atoms with E-state index >= 15 is 0 Å². The predicted octanol–water partition coefficient (Wildman–Crippen LogP) is 2.19. The predicted molar refractivity (Wildman–Crippen MR) is 104 cm³/mol. The average molecular weight is 366 g/mol. The number of hydrogen-bond donors (Lipinski definition) is 2. The molecule has 1 amide bonds. The van der Waals surface area contributed by atoms with E-state index in [2.05, 4.69) is 32.7 Å². The second kappa shape index (κ2) is 7.52. The van der Waals surface area contributed by atoms with E-state index in [-0.39, 0.29) is 5.91 Å².